The van der Waals surface area contributed by atoms with Crippen LogP contribution >= 0.6 is 0 Å². The van der Waals surface area contributed by atoms with E-state index in [1.807, 2.05) is 42.5 Å². The van der Waals surface area contributed by atoms with Crippen molar-refractivity contribution in [2.24, 2.45) is 0 Å². The molecule has 0 saturated carbocycles. The van der Waals surface area contributed by atoms with E-state index < -0.39 is 0 Å². The fourth-order valence-corrected chi connectivity index (χ4v) is 5.20. The molecule has 3 aromatic rings. The lowest BCUT2D eigenvalue weighted by molar-refractivity contribution is -0.117. The summed E-state index contributed by atoms with van der Waals surface area (Å²) >= 11 is 0. The van der Waals surface area contributed by atoms with Crippen LogP contribution in [-0.4, -0.2) is 78.2 Å². The van der Waals surface area contributed by atoms with Crippen LogP contribution in [0, 0.1) is 0 Å². The molecule has 3 amide bonds. The second-order valence-corrected chi connectivity index (χ2v) is 9.88. The molecule has 0 spiro atoms. The van der Waals surface area contributed by atoms with Gasteiger partial charge in [0.15, 0.2) is 0 Å². The Labute approximate surface area is 211 Å². The minimum Gasteiger partial charge on any atom is -0.325 e. The van der Waals surface area contributed by atoms with Crippen LogP contribution in [0.1, 0.15) is 46.0 Å². The molecule has 0 aromatic heterocycles. The molecule has 0 radical (unpaired) electrons. The first-order valence-corrected chi connectivity index (χ1v) is 12.6. The van der Waals surface area contributed by atoms with Crippen LogP contribution in [0.2, 0.25) is 0 Å². The van der Waals surface area contributed by atoms with E-state index in [2.05, 4.69) is 35.0 Å². The summed E-state index contributed by atoms with van der Waals surface area (Å²) in [6.07, 6.45) is 0. The highest BCUT2D eigenvalue weighted by Crippen LogP contribution is 2.30. The highest BCUT2D eigenvalue weighted by molar-refractivity contribution is 6.25. The van der Waals surface area contributed by atoms with E-state index in [-0.39, 0.29) is 17.7 Å². The molecular weight excluding hydrogens is 452 g/mol. The van der Waals surface area contributed by atoms with Crippen LogP contribution in [0.3, 0.4) is 0 Å². The van der Waals surface area contributed by atoms with Gasteiger partial charge in [0.1, 0.15) is 0 Å². The number of carbonyl (C=O) groups excluding carboxylic acids is 3. The van der Waals surface area contributed by atoms with Gasteiger partial charge in [-0.15, -0.1) is 0 Å². The van der Waals surface area contributed by atoms with Crippen molar-refractivity contribution in [2.45, 2.75) is 19.8 Å². The highest BCUT2D eigenvalue weighted by atomic mass is 16.2. The number of amides is 3. The quantitative estimate of drug-likeness (QED) is 0.517. The molecule has 7 nitrogen and oxygen atoms in total. The van der Waals surface area contributed by atoms with E-state index in [4.69, 9.17) is 0 Å². The first kappa shape index (κ1) is 24.2. The average molecular weight is 485 g/mol. The number of benzene rings is 3. The van der Waals surface area contributed by atoms with Gasteiger partial charge in [0.05, 0.1) is 6.54 Å². The molecule has 1 fully saturated rings. The van der Waals surface area contributed by atoms with Gasteiger partial charge in [0.2, 0.25) is 5.91 Å². The van der Waals surface area contributed by atoms with Gasteiger partial charge in [-0.05, 0) is 35.1 Å². The van der Waals surface area contributed by atoms with Crippen molar-refractivity contribution in [3.8, 4) is 0 Å². The fraction of sp³-hybridized carbons (Fsp3) is 0.345. The standard InChI is InChI=1S/C29H32N4O3/c1-20(2)22-9-3-4-12-25(22)30-26(34)19-32-15-13-31(14-16-32)17-18-33-28(35)23-10-5-7-21-8-6-11-24(27(21)23)29(33)36/h3-12,20H,13-19H2,1-2H3,(H,30,34). The van der Waals surface area contributed by atoms with Crippen molar-refractivity contribution in [1.82, 2.24) is 14.7 Å². The van der Waals surface area contributed by atoms with Crippen molar-refractivity contribution in [2.75, 3.05) is 51.1 Å². The Balaban J connectivity index is 1.13. The number of carbonyl (C=O) groups is 3. The van der Waals surface area contributed by atoms with E-state index in [0.29, 0.717) is 36.7 Å². The first-order chi connectivity index (χ1) is 17.4. The zero-order valence-corrected chi connectivity index (χ0v) is 20.9. The Hall–Kier alpha value is -3.55. The van der Waals surface area contributed by atoms with Crippen molar-refractivity contribution in [1.29, 1.82) is 0 Å². The largest absolute Gasteiger partial charge is 0.325 e. The minimum absolute atomic E-state index is 0.00565. The molecule has 1 saturated heterocycles. The number of piperazine rings is 1. The monoisotopic (exact) mass is 484 g/mol. The third kappa shape index (κ3) is 4.76. The van der Waals surface area contributed by atoms with E-state index in [9.17, 15) is 14.4 Å². The third-order valence-corrected chi connectivity index (χ3v) is 7.18. The SMILES string of the molecule is CC(C)c1ccccc1NC(=O)CN1CCN(CCN2C(=O)c3cccc4cccc(c34)C2=O)CC1. The molecule has 2 heterocycles. The van der Waals surface area contributed by atoms with Crippen molar-refractivity contribution in [3.05, 3.63) is 77.4 Å². The summed E-state index contributed by atoms with van der Waals surface area (Å²) < 4.78 is 0. The van der Waals surface area contributed by atoms with Gasteiger partial charge in [-0.2, -0.15) is 0 Å². The second-order valence-electron chi connectivity index (χ2n) is 9.88. The zero-order chi connectivity index (χ0) is 25.2. The first-order valence-electron chi connectivity index (χ1n) is 12.6. The van der Waals surface area contributed by atoms with Crippen LogP contribution in [0.4, 0.5) is 5.69 Å². The molecule has 2 aliphatic rings. The maximum Gasteiger partial charge on any atom is 0.261 e. The predicted molar refractivity (Wildman–Crippen MR) is 141 cm³/mol. The summed E-state index contributed by atoms with van der Waals surface area (Å²) in [6, 6.07) is 19.1. The maximum atomic E-state index is 13.1. The molecule has 3 aromatic carbocycles. The number of imide groups is 1. The van der Waals surface area contributed by atoms with Crippen LogP contribution in [0.25, 0.3) is 10.8 Å². The maximum absolute atomic E-state index is 13.1. The molecule has 0 unspecified atom stereocenters. The minimum atomic E-state index is -0.221. The Kier molecular flexibility index (Phi) is 6.85. The van der Waals surface area contributed by atoms with E-state index in [1.165, 1.54) is 4.90 Å². The number of hydrogen-bond acceptors (Lipinski definition) is 5. The van der Waals surface area contributed by atoms with Crippen molar-refractivity contribution in [3.63, 3.8) is 0 Å². The van der Waals surface area contributed by atoms with Crippen LogP contribution in [0.5, 0.6) is 0 Å². The van der Waals surface area contributed by atoms with Gasteiger partial charge in [-0.3, -0.25) is 29.1 Å². The summed E-state index contributed by atoms with van der Waals surface area (Å²) in [5.74, 6) is -0.110. The lowest BCUT2D eigenvalue weighted by Crippen LogP contribution is -2.51. The second kappa shape index (κ2) is 10.2. The van der Waals surface area contributed by atoms with E-state index in [0.717, 1.165) is 48.2 Å². The number of rotatable bonds is 7. The molecule has 0 atom stereocenters. The van der Waals surface area contributed by atoms with Crippen LogP contribution in [0.15, 0.2) is 60.7 Å². The topological polar surface area (TPSA) is 73.0 Å². The van der Waals surface area contributed by atoms with Crippen molar-refractivity contribution >= 4 is 34.2 Å². The molecule has 5 rings (SSSR count). The number of anilines is 1. The van der Waals surface area contributed by atoms with Gasteiger partial charge in [0.25, 0.3) is 11.8 Å². The number of nitrogens with zero attached hydrogens (tertiary/aromatic N) is 3. The van der Waals surface area contributed by atoms with Crippen molar-refractivity contribution < 1.29 is 14.4 Å². The Morgan fingerprint density at radius 3 is 2.06 bits per heavy atom. The zero-order valence-electron chi connectivity index (χ0n) is 20.9. The van der Waals surface area contributed by atoms with Crippen LogP contribution in [-0.2, 0) is 4.79 Å². The smallest absolute Gasteiger partial charge is 0.261 e. The Morgan fingerprint density at radius 2 is 1.42 bits per heavy atom. The van der Waals surface area contributed by atoms with Gasteiger partial charge < -0.3 is 5.32 Å². The molecule has 0 aliphatic carbocycles. The highest BCUT2D eigenvalue weighted by Gasteiger charge is 2.33. The summed E-state index contributed by atoms with van der Waals surface area (Å²) in [5.41, 5.74) is 3.20. The Bertz CT molecular complexity index is 1260. The molecule has 186 valence electrons. The summed E-state index contributed by atoms with van der Waals surface area (Å²) in [6.45, 7) is 8.68. The molecule has 36 heavy (non-hydrogen) atoms. The molecule has 2 aliphatic heterocycles. The van der Waals surface area contributed by atoms with Gasteiger partial charge in [-0.25, -0.2) is 0 Å². The predicted octanol–water partition coefficient (Wildman–Crippen LogP) is 3.82. The lowest BCUT2D eigenvalue weighted by Gasteiger charge is -2.35. The fourth-order valence-electron chi connectivity index (χ4n) is 5.20. The summed E-state index contributed by atoms with van der Waals surface area (Å²) in [4.78, 5) is 44.7. The summed E-state index contributed by atoms with van der Waals surface area (Å²) in [5, 5.41) is 4.74. The van der Waals surface area contributed by atoms with Crippen LogP contribution < -0.4 is 5.32 Å². The summed E-state index contributed by atoms with van der Waals surface area (Å²) in [7, 11) is 0. The molecular formula is C29H32N4O3. The number of nitrogens with one attached hydrogen (secondary N) is 1. The number of para-hydroxylation sites is 1. The Morgan fingerprint density at radius 1 is 0.806 bits per heavy atom. The van der Waals surface area contributed by atoms with E-state index >= 15 is 0 Å². The molecule has 1 N–H and O–H groups in total. The average Bonchev–Trinajstić information content (AvgIpc) is 2.88. The molecule has 0 bridgehead atoms. The van der Waals surface area contributed by atoms with Gasteiger partial charge in [0, 0.05) is 61.5 Å². The van der Waals surface area contributed by atoms with Gasteiger partial charge in [-0.1, -0.05) is 56.3 Å². The normalized spacial score (nSPS) is 16.7. The van der Waals surface area contributed by atoms with Gasteiger partial charge >= 0.3 is 0 Å². The lowest BCUT2D eigenvalue weighted by atomic mass is 9.94. The number of hydrogen-bond donors (Lipinski definition) is 1. The third-order valence-electron chi connectivity index (χ3n) is 7.18. The van der Waals surface area contributed by atoms with E-state index in [1.54, 1.807) is 12.1 Å². The molecule has 7 heteroatoms.